The lowest BCUT2D eigenvalue weighted by molar-refractivity contribution is -0.118. The second-order valence-corrected chi connectivity index (χ2v) is 7.86. The molecule has 1 aliphatic rings. The van der Waals surface area contributed by atoms with Gasteiger partial charge in [-0.3, -0.25) is 9.36 Å². The third-order valence-corrected chi connectivity index (χ3v) is 5.53. The van der Waals surface area contributed by atoms with Gasteiger partial charge in [-0.05, 0) is 42.7 Å². The third kappa shape index (κ3) is 4.51. The highest BCUT2D eigenvalue weighted by atomic mass is 35.5. The summed E-state index contributed by atoms with van der Waals surface area (Å²) in [6, 6.07) is 17.5. The zero-order chi connectivity index (χ0) is 18.6. The van der Waals surface area contributed by atoms with Gasteiger partial charge in [0.05, 0.1) is 5.75 Å². The molecule has 3 aromatic rings. The van der Waals surface area contributed by atoms with E-state index in [9.17, 15) is 4.79 Å². The summed E-state index contributed by atoms with van der Waals surface area (Å²) in [5.74, 6) is 1.73. The number of carbonyl (C=O) groups is 1. The van der Waals surface area contributed by atoms with Crippen molar-refractivity contribution in [3.8, 4) is 5.69 Å². The monoisotopic (exact) mass is 398 g/mol. The number of carbonyl (C=O) groups excluding carboxylic acids is 1. The molecule has 7 heteroatoms. The van der Waals surface area contributed by atoms with Gasteiger partial charge in [0.25, 0.3) is 0 Å². The highest BCUT2D eigenvalue weighted by Crippen LogP contribution is 2.41. The van der Waals surface area contributed by atoms with Crippen LogP contribution in [0.2, 0.25) is 5.02 Å². The van der Waals surface area contributed by atoms with Gasteiger partial charge < -0.3 is 5.32 Å². The average molecular weight is 399 g/mol. The number of hydrogen-bond donors (Lipinski definition) is 1. The SMILES string of the molecule is O=C(CSc1nnc(C2CC2)n1-c1ccccc1)NCc1ccc(Cl)cc1. The Morgan fingerprint density at radius 2 is 1.85 bits per heavy atom. The van der Waals surface area contributed by atoms with Gasteiger partial charge in [-0.15, -0.1) is 10.2 Å². The molecule has 2 aromatic carbocycles. The van der Waals surface area contributed by atoms with Crippen LogP contribution >= 0.6 is 23.4 Å². The van der Waals surface area contributed by atoms with Crippen LogP contribution in [-0.4, -0.2) is 26.4 Å². The summed E-state index contributed by atoms with van der Waals surface area (Å²) < 4.78 is 2.08. The topological polar surface area (TPSA) is 59.8 Å². The second kappa shape index (κ2) is 8.15. The van der Waals surface area contributed by atoms with Crippen molar-refractivity contribution in [3.05, 3.63) is 71.0 Å². The van der Waals surface area contributed by atoms with Crippen molar-refractivity contribution in [2.45, 2.75) is 30.5 Å². The fourth-order valence-electron chi connectivity index (χ4n) is 2.78. The molecule has 1 aromatic heterocycles. The molecular formula is C20H19ClN4OS. The first kappa shape index (κ1) is 18.1. The van der Waals surface area contributed by atoms with Crippen molar-refractivity contribution >= 4 is 29.3 Å². The van der Waals surface area contributed by atoms with E-state index in [0.29, 0.717) is 23.2 Å². The Hall–Kier alpha value is -2.31. The van der Waals surface area contributed by atoms with Gasteiger partial charge in [0.1, 0.15) is 5.82 Å². The van der Waals surface area contributed by atoms with Crippen molar-refractivity contribution < 1.29 is 4.79 Å². The molecule has 1 heterocycles. The van der Waals surface area contributed by atoms with Crippen molar-refractivity contribution in [3.63, 3.8) is 0 Å². The molecule has 0 radical (unpaired) electrons. The third-order valence-electron chi connectivity index (χ3n) is 4.35. The molecule has 1 saturated carbocycles. The van der Waals surface area contributed by atoms with Gasteiger partial charge in [0.15, 0.2) is 5.16 Å². The zero-order valence-electron chi connectivity index (χ0n) is 14.6. The molecular weight excluding hydrogens is 380 g/mol. The van der Waals surface area contributed by atoms with Crippen LogP contribution in [0.5, 0.6) is 0 Å². The minimum atomic E-state index is -0.0365. The standard InChI is InChI=1S/C20H19ClN4OS/c21-16-10-6-14(7-11-16)12-22-18(26)13-27-20-24-23-19(15-8-9-15)25(20)17-4-2-1-3-5-17/h1-7,10-11,15H,8-9,12-13H2,(H,22,26). The number of rotatable bonds is 7. The summed E-state index contributed by atoms with van der Waals surface area (Å²) >= 11 is 7.29. The highest BCUT2D eigenvalue weighted by molar-refractivity contribution is 7.99. The quantitative estimate of drug-likeness (QED) is 0.606. The van der Waals surface area contributed by atoms with Crippen LogP contribution in [0.1, 0.15) is 30.1 Å². The highest BCUT2D eigenvalue weighted by Gasteiger charge is 2.31. The fraction of sp³-hybridized carbons (Fsp3) is 0.250. The number of nitrogens with zero attached hydrogens (tertiary/aromatic N) is 3. The second-order valence-electron chi connectivity index (χ2n) is 6.48. The molecule has 27 heavy (non-hydrogen) atoms. The lowest BCUT2D eigenvalue weighted by Crippen LogP contribution is -2.24. The van der Waals surface area contributed by atoms with Gasteiger partial charge in [0, 0.05) is 23.2 Å². The Bertz CT molecular complexity index is 923. The first-order valence-electron chi connectivity index (χ1n) is 8.85. The van der Waals surface area contributed by atoms with Crippen LogP contribution in [-0.2, 0) is 11.3 Å². The van der Waals surface area contributed by atoms with Crippen LogP contribution < -0.4 is 5.32 Å². The van der Waals surface area contributed by atoms with E-state index < -0.39 is 0 Å². The molecule has 1 fully saturated rings. The molecule has 138 valence electrons. The molecule has 0 aliphatic heterocycles. The van der Waals surface area contributed by atoms with Crippen molar-refractivity contribution in [1.82, 2.24) is 20.1 Å². The van der Waals surface area contributed by atoms with Gasteiger partial charge >= 0.3 is 0 Å². The van der Waals surface area contributed by atoms with Crippen LogP contribution in [0, 0.1) is 0 Å². The molecule has 0 bridgehead atoms. The van der Waals surface area contributed by atoms with Gasteiger partial charge in [0.2, 0.25) is 5.91 Å². The van der Waals surface area contributed by atoms with Gasteiger partial charge in [-0.25, -0.2) is 0 Å². The smallest absolute Gasteiger partial charge is 0.230 e. The van der Waals surface area contributed by atoms with E-state index in [1.807, 2.05) is 54.6 Å². The Balaban J connectivity index is 1.41. The number of benzene rings is 2. The zero-order valence-corrected chi connectivity index (χ0v) is 16.2. The largest absolute Gasteiger partial charge is 0.351 e. The summed E-state index contributed by atoms with van der Waals surface area (Å²) in [4.78, 5) is 12.2. The van der Waals surface area contributed by atoms with E-state index in [2.05, 4.69) is 20.1 Å². The first-order chi connectivity index (χ1) is 13.2. The van der Waals surface area contributed by atoms with E-state index in [0.717, 1.165) is 35.1 Å². The number of hydrogen-bond acceptors (Lipinski definition) is 4. The summed E-state index contributed by atoms with van der Waals surface area (Å²) in [5, 5.41) is 13.1. The lowest BCUT2D eigenvalue weighted by Gasteiger charge is -2.10. The first-order valence-corrected chi connectivity index (χ1v) is 10.2. The van der Waals surface area contributed by atoms with E-state index in [1.165, 1.54) is 11.8 Å². The number of amides is 1. The molecule has 0 spiro atoms. The number of thioether (sulfide) groups is 1. The summed E-state index contributed by atoms with van der Waals surface area (Å²) in [6.45, 7) is 0.481. The van der Waals surface area contributed by atoms with Gasteiger partial charge in [-0.2, -0.15) is 0 Å². The summed E-state index contributed by atoms with van der Waals surface area (Å²) in [6.07, 6.45) is 2.30. The van der Waals surface area contributed by atoms with Crippen LogP contribution in [0.4, 0.5) is 0 Å². The molecule has 4 rings (SSSR count). The molecule has 0 unspecified atom stereocenters. The summed E-state index contributed by atoms with van der Waals surface area (Å²) in [7, 11) is 0. The maximum Gasteiger partial charge on any atom is 0.230 e. The number of para-hydroxylation sites is 1. The predicted molar refractivity (Wildman–Crippen MR) is 107 cm³/mol. The molecule has 0 atom stereocenters. The van der Waals surface area contributed by atoms with E-state index >= 15 is 0 Å². The average Bonchev–Trinajstić information content (AvgIpc) is 3.46. The molecule has 0 saturated heterocycles. The Morgan fingerprint density at radius 3 is 2.56 bits per heavy atom. The number of nitrogens with one attached hydrogen (secondary N) is 1. The predicted octanol–water partition coefficient (Wildman–Crippen LogP) is 4.21. The minimum Gasteiger partial charge on any atom is -0.351 e. The Kier molecular flexibility index (Phi) is 5.45. The van der Waals surface area contributed by atoms with Crippen LogP contribution in [0.15, 0.2) is 59.8 Å². The molecule has 1 aliphatic carbocycles. The maximum absolute atomic E-state index is 12.2. The maximum atomic E-state index is 12.2. The Labute approximate surface area is 167 Å². The van der Waals surface area contributed by atoms with Crippen molar-refractivity contribution in [2.24, 2.45) is 0 Å². The fourth-order valence-corrected chi connectivity index (χ4v) is 3.70. The van der Waals surface area contributed by atoms with E-state index in [4.69, 9.17) is 11.6 Å². The molecule has 5 nitrogen and oxygen atoms in total. The van der Waals surface area contributed by atoms with E-state index in [1.54, 1.807) is 0 Å². The molecule has 1 N–H and O–H groups in total. The van der Waals surface area contributed by atoms with Crippen LogP contribution in [0.25, 0.3) is 5.69 Å². The number of aromatic nitrogens is 3. The minimum absolute atomic E-state index is 0.0365. The van der Waals surface area contributed by atoms with E-state index in [-0.39, 0.29) is 5.91 Å². The molecule has 1 amide bonds. The van der Waals surface area contributed by atoms with Crippen molar-refractivity contribution in [2.75, 3.05) is 5.75 Å². The normalized spacial score (nSPS) is 13.5. The van der Waals surface area contributed by atoms with Gasteiger partial charge in [-0.1, -0.05) is 53.7 Å². The number of halogens is 1. The lowest BCUT2D eigenvalue weighted by atomic mass is 10.2. The Morgan fingerprint density at radius 1 is 1.11 bits per heavy atom. The van der Waals surface area contributed by atoms with Crippen LogP contribution in [0.3, 0.4) is 0 Å². The summed E-state index contributed by atoms with van der Waals surface area (Å²) in [5.41, 5.74) is 2.05. The van der Waals surface area contributed by atoms with Crippen molar-refractivity contribution in [1.29, 1.82) is 0 Å².